The molecule has 1 aromatic carbocycles. The Morgan fingerprint density at radius 2 is 2.12 bits per heavy atom. The maximum atomic E-state index is 10.1. The van der Waals surface area contributed by atoms with Gasteiger partial charge in [0, 0.05) is 5.56 Å². The number of aliphatic hydroxyl groups is 1. The summed E-state index contributed by atoms with van der Waals surface area (Å²) in [4.78, 5) is 0. The molecule has 2 nitrogen and oxygen atoms in total. The van der Waals surface area contributed by atoms with E-state index in [1.165, 1.54) is 12.8 Å². The largest absolute Gasteiger partial charge is 0.491 e. The summed E-state index contributed by atoms with van der Waals surface area (Å²) >= 11 is 6.13. The van der Waals surface area contributed by atoms with Crippen LogP contribution < -0.4 is 4.74 Å². The molecule has 2 aliphatic rings. The van der Waals surface area contributed by atoms with E-state index in [4.69, 9.17) is 16.3 Å². The Hall–Kier alpha value is -0.730. The van der Waals surface area contributed by atoms with E-state index in [2.05, 4.69) is 0 Å². The van der Waals surface area contributed by atoms with Crippen LogP contribution in [-0.4, -0.2) is 11.7 Å². The van der Waals surface area contributed by atoms with Crippen LogP contribution in [0.5, 0.6) is 5.75 Å². The number of hydrogen-bond donors (Lipinski definition) is 1. The fourth-order valence-electron chi connectivity index (χ4n) is 1.90. The van der Waals surface area contributed by atoms with Crippen molar-refractivity contribution >= 4 is 11.6 Å². The number of ether oxygens (including phenoxy) is 1. The first kappa shape index (κ1) is 10.4. The summed E-state index contributed by atoms with van der Waals surface area (Å²) in [6, 6.07) is 5.61. The van der Waals surface area contributed by atoms with Crippen molar-refractivity contribution in [2.45, 2.75) is 31.3 Å². The minimum absolute atomic E-state index is 0.610. The summed E-state index contributed by atoms with van der Waals surface area (Å²) in [5, 5.41) is 10.8. The molecule has 2 fully saturated rings. The molecule has 86 valence electrons. The van der Waals surface area contributed by atoms with Crippen molar-refractivity contribution < 1.29 is 9.84 Å². The highest BCUT2D eigenvalue weighted by molar-refractivity contribution is 6.32. The van der Waals surface area contributed by atoms with Gasteiger partial charge in [-0.2, -0.15) is 0 Å². The minimum atomic E-state index is -0.677. The Labute approximate surface area is 100 Å². The highest BCUT2D eigenvalue weighted by Gasteiger charge is 2.44. The zero-order valence-electron chi connectivity index (χ0n) is 9.08. The van der Waals surface area contributed by atoms with Crippen LogP contribution in [0, 0.1) is 5.92 Å². The molecule has 0 radical (unpaired) electrons. The normalized spacial score (nSPS) is 21.9. The van der Waals surface area contributed by atoms with Crippen LogP contribution in [0.1, 0.15) is 31.2 Å². The van der Waals surface area contributed by atoms with Gasteiger partial charge in [-0.25, -0.2) is 0 Å². The van der Waals surface area contributed by atoms with Gasteiger partial charge in [-0.1, -0.05) is 23.7 Å². The van der Waals surface area contributed by atoms with Gasteiger partial charge in [-0.15, -0.1) is 0 Å². The van der Waals surface area contributed by atoms with Crippen molar-refractivity contribution in [3.8, 4) is 5.75 Å². The second-order valence-electron chi connectivity index (χ2n) is 4.90. The van der Waals surface area contributed by atoms with Crippen LogP contribution in [0.2, 0.25) is 5.02 Å². The summed E-state index contributed by atoms with van der Waals surface area (Å²) in [5.41, 5.74) is 0.185. The third-order valence-electron chi connectivity index (χ3n) is 3.35. The van der Waals surface area contributed by atoms with Gasteiger partial charge in [0.05, 0.1) is 17.2 Å². The van der Waals surface area contributed by atoms with Gasteiger partial charge in [-0.3, -0.25) is 0 Å². The smallest absolute Gasteiger partial charge is 0.143 e. The van der Waals surface area contributed by atoms with Crippen LogP contribution in [0.4, 0.5) is 0 Å². The first-order valence-electron chi connectivity index (χ1n) is 5.83. The van der Waals surface area contributed by atoms with Crippen molar-refractivity contribution in [3.63, 3.8) is 0 Å². The van der Waals surface area contributed by atoms with E-state index >= 15 is 0 Å². The molecule has 0 aliphatic heterocycles. The van der Waals surface area contributed by atoms with Gasteiger partial charge in [0.1, 0.15) is 5.75 Å². The van der Waals surface area contributed by atoms with Gasteiger partial charge in [0.15, 0.2) is 0 Å². The van der Waals surface area contributed by atoms with Crippen molar-refractivity contribution in [1.29, 1.82) is 0 Å². The molecule has 0 amide bonds. The molecule has 0 spiro atoms. The van der Waals surface area contributed by atoms with Gasteiger partial charge in [0.2, 0.25) is 0 Å². The Morgan fingerprint density at radius 1 is 1.38 bits per heavy atom. The Balaban J connectivity index is 1.86. The second kappa shape index (κ2) is 3.64. The zero-order chi connectivity index (χ0) is 11.2. The van der Waals surface area contributed by atoms with Crippen molar-refractivity contribution in [1.82, 2.24) is 0 Å². The van der Waals surface area contributed by atoms with E-state index < -0.39 is 5.60 Å². The molecular formula is C13H15ClO2. The molecule has 2 saturated carbocycles. The van der Waals surface area contributed by atoms with Crippen LogP contribution in [0.25, 0.3) is 0 Å². The topological polar surface area (TPSA) is 29.5 Å². The molecular weight excluding hydrogens is 224 g/mol. The standard InChI is InChI=1S/C13H15ClO2/c14-11-3-1-2-10(13(15)6-7-13)12(11)16-8-9-4-5-9/h1-3,9,15H,4-8H2. The third-order valence-corrected chi connectivity index (χ3v) is 3.65. The van der Waals surface area contributed by atoms with Gasteiger partial charge < -0.3 is 9.84 Å². The number of rotatable bonds is 4. The summed E-state index contributed by atoms with van der Waals surface area (Å²) in [6.45, 7) is 0.729. The fraction of sp³-hybridized carbons (Fsp3) is 0.538. The lowest BCUT2D eigenvalue weighted by Crippen LogP contribution is -2.09. The molecule has 0 unspecified atom stereocenters. The minimum Gasteiger partial charge on any atom is -0.491 e. The SMILES string of the molecule is OC1(c2cccc(Cl)c2OCC2CC2)CC1. The van der Waals surface area contributed by atoms with E-state index in [1.807, 2.05) is 18.2 Å². The lowest BCUT2D eigenvalue weighted by Gasteiger charge is -2.16. The van der Waals surface area contributed by atoms with Crippen LogP contribution >= 0.6 is 11.6 Å². The van der Waals surface area contributed by atoms with Crippen LogP contribution in [0.3, 0.4) is 0 Å². The molecule has 0 heterocycles. The van der Waals surface area contributed by atoms with Gasteiger partial charge in [0.25, 0.3) is 0 Å². The van der Waals surface area contributed by atoms with E-state index in [1.54, 1.807) is 0 Å². The first-order valence-corrected chi connectivity index (χ1v) is 6.21. The number of hydrogen-bond acceptors (Lipinski definition) is 2. The van der Waals surface area contributed by atoms with Crippen molar-refractivity contribution in [2.24, 2.45) is 5.92 Å². The van der Waals surface area contributed by atoms with Gasteiger partial charge in [-0.05, 0) is 37.7 Å². The molecule has 0 aromatic heterocycles. The monoisotopic (exact) mass is 238 g/mol. The van der Waals surface area contributed by atoms with Crippen LogP contribution in [0.15, 0.2) is 18.2 Å². The lowest BCUT2D eigenvalue weighted by atomic mass is 10.1. The second-order valence-corrected chi connectivity index (χ2v) is 5.31. The lowest BCUT2D eigenvalue weighted by molar-refractivity contribution is 0.145. The average Bonchev–Trinajstić information content (AvgIpc) is 3.13. The van der Waals surface area contributed by atoms with Gasteiger partial charge >= 0.3 is 0 Å². The molecule has 1 N–H and O–H groups in total. The highest BCUT2D eigenvalue weighted by Crippen LogP contribution is 2.50. The Morgan fingerprint density at radius 3 is 2.75 bits per heavy atom. The predicted octanol–water partition coefficient (Wildman–Crippen LogP) is 3.11. The maximum absolute atomic E-state index is 10.1. The third kappa shape index (κ3) is 1.92. The first-order chi connectivity index (χ1) is 7.69. The summed E-state index contributed by atoms with van der Waals surface area (Å²) in [7, 11) is 0. The Bertz CT molecular complexity index is 408. The molecule has 1 aromatic rings. The van der Waals surface area contributed by atoms with E-state index in [0.29, 0.717) is 16.7 Å². The molecule has 3 rings (SSSR count). The maximum Gasteiger partial charge on any atom is 0.143 e. The van der Waals surface area contributed by atoms with Crippen molar-refractivity contribution in [3.05, 3.63) is 28.8 Å². The average molecular weight is 239 g/mol. The fourth-order valence-corrected chi connectivity index (χ4v) is 2.12. The van der Waals surface area contributed by atoms with E-state index in [-0.39, 0.29) is 0 Å². The molecule has 3 heteroatoms. The number of para-hydroxylation sites is 1. The summed E-state index contributed by atoms with van der Waals surface area (Å²) in [5.74, 6) is 1.38. The van der Waals surface area contributed by atoms with Crippen LogP contribution in [-0.2, 0) is 5.60 Å². The Kier molecular flexibility index (Phi) is 2.37. The highest BCUT2D eigenvalue weighted by atomic mass is 35.5. The molecule has 0 bridgehead atoms. The molecule has 2 aliphatic carbocycles. The predicted molar refractivity (Wildman–Crippen MR) is 62.8 cm³/mol. The summed E-state index contributed by atoms with van der Waals surface area (Å²) in [6.07, 6.45) is 4.13. The molecule has 0 atom stereocenters. The summed E-state index contributed by atoms with van der Waals surface area (Å²) < 4.78 is 5.77. The molecule has 16 heavy (non-hydrogen) atoms. The van der Waals surface area contributed by atoms with E-state index in [9.17, 15) is 5.11 Å². The number of halogens is 1. The van der Waals surface area contributed by atoms with E-state index in [0.717, 1.165) is 25.0 Å². The van der Waals surface area contributed by atoms with Crippen molar-refractivity contribution in [2.75, 3.05) is 6.61 Å². The quantitative estimate of drug-likeness (QED) is 0.874. The zero-order valence-corrected chi connectivity index (χ0v) is 9.83. The number of benzene rings is 1. The molecule has 0 saturated heterocycles.